The van der Waals surface area contributed by atoms with Crippen molar-refractivity contribution in [2.75, 3.05) is 12.3 Å². The number of anilines is 1. The van der Waals surface area contributed by atoms with Crippen molar-refractivity contribution in [3.63, 3.8) is 0 Å². The molecule has 1 saturated heterocycles. The Hall–Kier alpha value is -1.38. The fourth-order valence-corrected chi connectivity index (χ4v) is 1.85. The van der Waals surface area contributed by atoms with Crippen LogP contribution < -0.4 is 10.5 Å². The zero-order valence-electron chi connectivity index (χ0n) is 10.1. The minimum atomic E-state index is -1.45. The van der Waals surface area contributed by atoms with Gasteiger partial charge in [0, 0.05) is 5.69 Å². The van der Waals surface area contributed by atoms with Gasteiger partial charge >= 0.3 is 0 Å². The van der Waals surface area contributed by atoms with Crippen LogP contribution in [0.1, 0.15) is 0 Å². The number of ether oxygens (including phenoxy) is 2. The molecule has 0 aliphatic carbocycles. The molecule has 1 fully saturated rings. The quantitative estimate of drug-likeness (QED) is 0.421. The van der Waals surface area contributed by atoms with Crippen LogP contribution in [0.15, 0.2) is 24.3 Å². The summed E-state index contributed by atoms with van der Waals surface area (Å²) in [5.74, 6) is 0.388. The highest BCUT2D eigenvalue weighted by molar-refractivity contribution is 5.41. The minimum Gasteiger partial charge on any atom is -0.462 e. The molecule has 1 aliphatic rings. The molecule has 7 nitrogen and oxygen atoms in total. The molecule has 5 atom stereocenters. The first-order chi connectivity index (χ1) is 9.02. The molecular weight excluding hydrogens is 254 g/mol. The van der Waals surface area contributed by atoms with Gasteiger partial charge in [-0.15, -0.1) is 0 Å². The lowest BCUT2D eigenvalue weighted by molar-refractivity contribution is -0.277. The third-order valence-electron chi connectivity index (χ3n) is 2.98. The molecule has 1 heterocycles. The van der Waals surface area contributed by atoms with E-state index < -0.39 is 37.3 Å². The van der Waals surface area contributed by atoms with Crippen molar-refractivity contribution in [3.8, 4) is 5.75 Å². The Morgan fingerprint density at radius 2 is 1.68 bits per heavy atom. The molecule has 7 heteroatoms. The Labute approximate surface area is 109 Å². The highest BCUT2D eigenvalue weighted by Crippen LogP contribution is 2.24. The van der Waals surface area contributed by atoms with E-state index in [-0.39, 0.29) is 0 Å². The molecular formula is C12H17NO6. The van der Waals surface area contributed by atoms with Gasteiger partial charge in [-0.05, 0) is 24.3 Å². The third kappa shape index (κ3) is 2.96. The molecule has 0 aromatic heterocycles. The number of nitrogen functional groups attached to an aromatic ring is 1. The fraction of sp³-hybridized carbons (Fsp3) is 0.500. The Balaban J connectivity index is 2.08. The first-order valence-electron chi connectivity index (χ1n) is 5.85. The third-order valence-corrected chi connectivity index (χ3v) is 2.98. The number of rotatable bonds is 3. The first kappa shape index (κ1) is 14.0. The van der Waals surface area contributed by atoms with Gasteiger partial charge < -0.3 is 35.6 Å². The van der Waals surface area contributed by atoms with E-state index >= 15 is 0 Å². The summed E-state index contributed by atoms with van der Waals surface area (Å²) in [6.07, 6.45) is -6.44. The van der Waals surface area contributed by atoms with Crippen molar-refractivity contribution in [3.05, 3.63) is 24.3 Å². The summed E-state index contributed by atoms with van der Waals surface area (Å²) >= 11 is 0. The van der Waals surface area contributed by atoms with E-state index in [4.69, 9.17) is 20.3 Å². The summed E-state index contributed by atoms with van der Waals surface area (Å²) in [5, 5.41) is 38.0. The SMILES string of the molecule is Nc1ccc(O[C@@H]2OC(CO)[C@H](O)C(O)[C@@H]2O)cc1. The second-order valence-electron chi connectivity index (χ2n) is 4.38. The van der Waals surface area contributed by atoms with Gasteiger partial charge in [0.05, 0.1) is 6.61 Å². The summed E-state index contributed by atoms with van der Waals surface area (Å²) in [7, 11) is 0. The lowest BCUT2D eigenvalue weighted by Crippen LogP contribution is -2.60. The Morgan fingerprint density at radius 1 is 1.05 bits per heavy atom. The van der Waals surface area contributed by atoms with E-state index in [2.05, 4.69) is 0 Å². The number of hydrogen-bond donors (Lipinski definition) is 5. The summed E-state index contributed by atoms with van der Waals surface area (Å²) in [6.45, 7) is -0.494. The largest absolute Gasteiger partial charge is 0.462 e. The van der Waals surface area contributed by atoms with Crippen LogP contribution >= 0.6 is 0 Å². The summed E-state index contributed by atoms with van der Waals surface area (Å²) in [4.78, 5) is 0. The van der Waals surface area contributed by atoms with E-state index in [0.717, 1.165) is 0 Å². The highest BCUT2D eigenvalue weighted by Gasteiger charge is 2.44. The lowest BCUT2D eigenvalue weighted by atomic mass is 9.99. The van der Waals surface area contributed by atoms with Crippen LogP contribution in [0.2, 0.25) is 0 Å². The van der Waals surface area contributed by atoms with Crippen LogP contribution in [0.5, 0.6) is 5.75 Å². The second-order valence-corrected chi connectivity index (χ2v) is 4.38. The van der Waals surface area contributed by atoms with E-state index in [0.29, 0.717) is 11.4 Å². The van der Waals surface area contributed by atoms with Gasteiger partial charge in [0.15, 0.2) is 0 Å². The number of aliphatic hydroxyl groups excluding tert-OH is 4. The molecule has 1 aromatic carbocycles. The number of benzene rings is 1. The maximum atomic E-state index is 9.77. The zero-order valence-corrected chi connectivity index (χ0v) is 10.1. The highest BCUT2D eigenvalue weighted by atomic mass is 16.7. The molecule has 0 amide bonds. The molecule has 1 aromatic rings. The summed E-state index contributed by atoms with van der Waals surface area (Å²) < 4.78 is 10.6. The first-order valence-corrected chi connectivity index (χ1v) is 5.85. The van der Waals surface area contributed by atoms with Gasteiger partial charge in [-0.2, -0.15) is 0 Å². The maximum Gasteiger partial charge on any atom is 0.229 e. The van der Waals surface area contributed by atoms with Crippen LogP contribution in [0.3, 0.4) is 0 Å². The lowest BCUT2D eigenvalue weighted by Gasteiger charge is -2.39. The smallest absolute Gasteiger partial charge is 0.229 e. The van der Waals surface area contributed by atoms with Crippen LogP contribution in [-0.2, 0) is 4.74 Å². The average Bonchev–Trinajstić information content (AvgIpc) is 2.42. The second kappa shape index (κ2) is 5.72. The number of nitrogens with two attached hydrogens (primary N) is 1. The van der Waals surface area contributed by atoms with Crippen molar-refractivity contribution < 1.29 is 29.9 Å². The minimum absolute atomic E-state index is 0.388. The molecule has 0 saturated carbocycles. The van der Waals surface area contributed by atoms with Crippen LogP contribution in [0.25, 0.3) is 0 Å². The van der Waals surface area contributed by atoms with Crippen molar-refractivity contribution in [1.82, 2.24) is 0 Å². The molecule has 19 heavy (non-hydrogen) atoms. The van der Waals surface area contributed by atoms with E-state index in [1.54, 1.807) is 24.3 Å². The summed E-state index contributed by atoms with van der Waals surface area (Å²) in [5.41, 5.74) is 6.09. The maximum absolute atomic E-state index is 9.77. The van der Waals surface area contributed by atoms with Crippen LogP contribution in [0, 0.1) is 0 Å². The van der Waals surface area contributed by atoms with Crippen molar-refractivity contribution >= 4 is 5.69 Å². The standard InChI is InChI=1S/C12H17NO6/c13-6-1-3-7(4-2-6)18-12-11(17)10(16)9(15)8(5-14)19-12/h1-4,8-12,14-17H,5,13H2/t8?,9-,10?,11-,12+/m0/s1. The Morgan fingerprint density at radius 3 is 2.26 bits per heavy atom. The summed E-state index contributed by atoms with van der Waals surface area (Å²) in [6, 6.07) is 6.38. The van der Waals surface area contributed by atoms with Gasteiger partial charge in [-0.3, -0.25) is 0 Å². The number of hydrogen-bond acceptors (Lipinski definition) is 7. The van der Waals surface area contributed by atoms with Crippen molar-refractivity contribution in [2.24, 2.45) is 0 Å². The van der Waals surface area contributed by atoms with Crippen molar-refractivity contribution in [2.45, 2.75) is 30.7 Å². The monoisotopic (exact) mass is 271 g/mol. The predicted molar refractivity (Wildman–Crippen MR) is 65.2 cm³/mol. The van der Waals surface area contributed by atoms with Gasteiger partial charge in [0.2, 0.25) is 6.29 Å². The molecule has 2 rings (SSSR count). The predicted octanol–water partition coefficient (Wildman–Crippen LogP) is -1.55. The fourth-order valence-electron chi connectivity index (χ4n) is 1.85. The molecule has 1 aliphatic heterocycles. The Bertz CT molecular complexity index is 409. The van der Waals surface area contributed by atoms with E-state index in [9.17, 15) is 15.3 Å². The molecule has 2 unspecified atom stereocenters. The van der Waals surface area contributed by atoms with Gasteiger partial charge in [0.25, 0.3) is 0 Å². The van der Waals surface area contributed by atoms with Gasteiger partial charge in [-0.1, -0.05) is 0 Å². The van der Waals surface area contributed by atoms with Crippen LogP contribution in [-0.4, -0.2) is 57.7 Å². The van der Waals surface area contributed by atoms with E-state index in [1.165, 1.54) is 0 Å². The van der Waals surface area contributed by atoms with Gasteiger partial charge in [0.1, 0.15) is 30.2 Å². The van der Waals surface area contributed by atoms with E-state index in [1.807, 2.05) is 0 Å². The molecule has 0 spiro atoms. The normalized spacial score (nSPS) is 35.1. The number of aliphatic hydroxyl groups is 4. The average molecular weight is 271 g/mol. The van der Waals surface area contributed by atoms with Crippen molar-refractivity contribution in [1.29, 1.82) is 0 Å². The Kier molecular flexibility index (Phi) is 4.23. The zero-order chi connectivity index (χ0) is 14.0. The molecule has 0 radical (unpaired) electrons. The topological polar surface area (TPSA) is 125 Å². The van der Waals surface area contributed by atoms with Gasteiger partial charge in [-0.25, -0.2) is 0 Å². The molecule has 106 valence electrons. The molecule has 6 N–H and O–H groups in total. The molecule has 0 bridgehead atoms. The van der Waals surface area contributed by atoms with Crippen LogP contribution in [0.4, 0.5) is 5.69 Å².